The van der Waals surface area contributed by atoms with Gasteiger partial charge in [-0.1, -0.05) is 0 Å². The summed E-state index contributed by atoms with van der Waals surface area (Å²) in [5, 5.41) is 11.9. The number of amides is 3. The highest BCUT2D eigenvalue weighted by Gasteiger charge is 2.23. The lowest BCUT2D eigenvalue weighted by Gasteiger charge is -2.29. The number of hydrogen-bond donors (Lipinski definition) is 1. The largest absolute Gasteiger partial charge is 0.484 e. The molecule has 0 saturated carbocycles. The van der Waals surface area contributed by atoms with Gasteiger partial charge in [-0.15, -0.1) is 0 Å². The third-order valence-electron chi connectivity index (χ3n) is 4.72. The lowest BCUT2D eigenvalue weighted by atomic mass is 10.0. The number of morpholine rings is 1. The quantitative estimate of drug-likeness (QED) is 0.868. The molecule has 144 valence electrons. The van der Waals surface area contributed by atoms with E-state index in [4.69, 9.17) is 14.7 Å². The van der Waals surface area contributed by atoms with Crippen molar-refractivity contribution in [2.45, 2.75) is 12.8 Å². The van der Waals surface area contributed by atoms with Crippen molar-refractivity contribution < 1.29 is 19.1 Å². The van der Waals surface area contributed by atoms with E-state index in [-0.39, 0.29) is 24.5 Å². The van der Waals surface area contributed by atoms with E-state index in [1.165, 1.54) is 0 Å². The molecule has 0 bridgehead atoms. The molecule has 8 heteroatoms. The lowest BCUT2D eigenvalue weighted by molar-refractivity contribution is -0.137. The van der Waals surface area contributed by atoms with Gasteiger partial charge in [0.1, 0.15) is 5.75 Å². The minimum Gasteiger partial charge on any atom is -0.484 e. The lowest BCUT2D eigenvalue weighted by Crippen LogP contribution is -2.43. The van der Waals surface area contributed by atoms with Crippen molar-refractivity contribution in [3.63, 3.8) is 0 Å². The van der Waals surface area contributed by atoms with Crippen LogP contribution in [0.2, 0.25) is 0 Å². The molecule has 27 heavy (non-hydrogen) atoms. The number of nitrogens with zero attached hydrogens (tertiary/aromatic N) is 3. The van der Waals surface area contributed by atoms with Gasteiger partial charge in [-0.3, -0.25) is 4.79 Å². The van der Waals surface area contributed by atoms with E-state index in [9.17, 15) is 9.59 Å². The van der Waals surface area contributed by atoms with Crippen LogP contribution in [0.15, 0.2) is 24.3 Å². The summed E-state index contributed by atoms with van der Waals surface area (Å²) in [6.07, 6.45) is 1.69. The van der Waals surface area contributed by atoms with E-state index < -0.39 is 0 Å². The van der Waals surface area contributed by atoms with Crippen molar-refractivity contribution in [1.82, 2.24) is 9.80 Å². The Kier molecular flexibility index (Phi) is 6.49. The van der Waals surface area contributed by atoms with Gasteiger partial charge in [0.2, 0.25) is 0 Å². The fourth-order valence-corrected chi connectivity index (χ4v) is 3.15. The Morgan fingerprint density at radius 1 is 1.19 bits per heavy atom. The molecule has 2 aliphatic rings. The monoisotopic (exact) mass is 372 g/mol. The van der Waals surface area contributed by atoms with E-state index in [1.807, 2.05) is 0 Å². The molecule has 1 N–H and O–H groups in total. The second-order valence-electron chi connectivity index (χ2n) is 6.65. The van der Waals surface area contributed by atoms with Crippen molar-refractivity contribution in [1.29, 1.82) is 5.26 Å². The van der Waals surface area contributed by atoms with Gasteiger partial charge in [-0.2, -0.15) is 5.26 Å². The highest BCUT2D eigenvalue weighted by atomic mass is 16.5. The predicted octanol–water partition coefficient (Wildman–Crippen LogP) is 1.69. The predicted molar refractivity (Wildman–Crippen MR) is 98.3 cm³/mol. The number of carbonyl (C=O) groups is 2. The molecule has 2 saturated heterocycles. The molecule has 1 aromatic carbocycles. The maximum absolute atomic E-state index is 12.3. The minimum absolute atomic E-state index is 0.0188. The summed E-state index contributed by atoms with van der Waals surface area (Å²) in [4.78, 5) is 27.8. The van der Waals surface area contributed by atoms with Crippen LogP contribution >= 0.6 is 0 Å². The summed E-state index contributed by atoms with van der Waals surface area (Å²) in [6.45, 7) is 3.42. The van der Waals surface area contributed by atoms with Gasteiger partial charge in [0.15, 0.2) is 6.61 Å². The number of rotatable bonds is 4. The van der Waals surface area contributed by atoms with Crippen molar-refractivity contribution in [3.05, 3.63) is 24.3 Å². The minimum atomic E-state index is -0.203. The maximum Gasteiger partial charge on any atom is 0.321 e. The van der Waals surface area contributed by atoms with Gasteiger partial charge < -0.3 is 24.6 Å². The molecule has 2 heterocycles. The number of ether oxygens (including phenoxy) is 2. The van der Waals surface area contributed by atoms with Gasteiger partial charge in [0.25, 0.3) is 5.91 Å². The molecule has 2 aliphatic heterocycles. The van der Waals surface area contributed by atoms with Crippen molar-refractivity contribution in [2.24, 2.45) is 5.92 Å². The fraction of sp³-hybridized carbons (Fsp3) is 0.526. The Hall–Kier alpha value is -2.79. The molecule has 8 nitrogen and oxygen atoms in total. The summed E-state index contributed by atoms with van der Waals surface area (Å²) in [6, 6.07) is 8.93. The zero-order valence-electron chi connectivity index (χ0n) is 15.2. The molecule has 3 amide bonds. The number of nitriles is 1. The molecule has 0 aromatic heterocycles. The van der Waals surface area contributed by atoms with E-state index in [0.29, 0.717) is 50.8 Å². The molecule has 1 atom stereocenters. The average Bonchev–Trinajstić information content (AvgIpc) is 2.73. The van der Waals surface area contributed by atoms with Crippen LogP contribution in [0.5, 0.6) is 5.75 Å². The number of piperidine rings is 1. The van der Waals surface area contributed by atoms with Crippen molar-refractivity contribution in [3.8, 4) is 11.8 Å². The first-order chi connectivity index (χ1) is 13.2. The maximum atomic E-state index is 12.3. The molecule has 1 unspecified atom stereocenters. The average molecular weight is 372 g/mol. The number of urea groups is 1. The summed E-state index contributed by atoms with van der Waals surface area (Å²) >= 11 is 0. The van der Waals surface area contributed by atoms with Gasteiger partial charge in [0, 0.05) is 31.9 Å². The summed E-state index contributed by atoms with van der Waals surface area (Å²) < 4.78 is 10.8. The summed E-state index contributed by atoms with van der Waals surface area (Å²) in [5.41, 5.74) is 0.644. The zero-order chi connectivity index (χ0) is 19.1. The molecule has 2 fully saturated rings. The second kappa shape index (κ2) is 9.24. The van der Waals surface area contributed by atoms with Gasteiger partial charge in [0.05, 0.1) is 25.2 Å². The van der Waals surface area contributed by atoms with Crippen molar-refractivity contribution in [2.75, 3.05) is 51.3 Å². The van der Waals surface area contributed by atoms with Crippen LogP contribution in [0.4, 0.5) is 10.5 Å². The van der Waals surface area contributed by atoms with Crippen LogP contribution in [0.3, 0.4) is 0 Å². The second-order valence-corrected chi connectivity index (χ2v) is 6.65. The van der Waals surface area contributed by atoms with Crippen molar-refractivity contribution >= 4 is 17.6 Å². The Morgan fingerprint density at radius 2 is 1.93 bits per heavy atom. The highest BCUT2D eigenvalue weighted by molar-refractivity contribution is 5.89. The Balaban J connectivity index is 1.46. The van der Waals surface area contributed by atoms with Gasteiger partial charge in [-0.25, -0.2) is 4.79 Å². The van der Waals surface area contributed by atoms with Crippen LogP contribution in [0.25, 0.3) is 0 Å². The van der Waals surface area contributed by atoms with Crippen LogP contribution in [0.1, 0.15) is 12.8 Å². The molecule has 1 aromatic rings. The van der Waals surface area contributed by atoms with Crippen LogP contribution in [-0.2, 0) is 9.53 Å². The van der Waals surface area contributed by atoms with Crippen LogP contribution in [0, 0.1) is 17.2 Å². The third-order valence-corrected chi connectivity index (χ3v) is 4.72. The van der Waals surface area contributed by atoms with E-state index in [1.54, 1.807) is 34.1 Å². The molecule has 3 rings (SSSR count). The van der Waals surface area contributed by atoms with Crippen LogP contribution < -0.4 is 10.1 Å². The normalized spacial score (nSPS) is 19.9. The Labute approximate surface area is 158 Å². The third kappa shape index (κ3) is 5.34. The summed E-state index contributed by atoms with van der Waals surface area (Å²) in [7, 11) is 0. The van der Waals surface area contributed by atoms with E-state index in [0.717, 1.165) is 12.8 Å². The van der Waals surface area contributed by atoms with E-state index >= 15 is 0 Å². The topological polar surface area (TPSA) is 94.9 Å². The first kappa shape index (κ1) is 19.0. The standard InChI is InChI=1S/C19H24N4O4/c20-12-15-2-1-7-23(13-15)19(25)21-16-3-5-17(6-4-16)27-14-18(24)22-8-10-26-11-9-22/h3-6,15H,1-2,7-11,13-14H2,(H,21,25). The molecule has 0 spiro atoms. The molecule has 0 aliphatic carbocycles. The number of nitrogens with one attached hydrogen (secondary N) is 1. The Morgan fingerprint density at radius 3 is 2.63 bits per heavy atom. The Bertz CT molecular complexity index is 695. The van der Waals surface area contributed by atoms with Crippen LogP contribution in [-0.4, -0.2) is 67.7 Å². The number of likely N-dealkylation sites (tertiary alicyclic amines) is 1. The van der Waals surface area contributed by atoms with Gasteiger partial charge in [-0.05, 0) is 37.1 Å². The number of benzene rings is 1. The number of hydrogen-bond acceptors (Lipinski definition) is 5. The highest BCUT2D eigenvalue weighted by Crippen LogP contribution is 2.19. The number of anilines is 1. The number of carbonyl (C=O) groups excluding carboxylic acids is 2. The molecule has 0 radical (unpaired) electrons. The SMILES string of the molecule is N#CC1CCCN(C(=O)Nc2ccc(OCC(=O)N3CCOCC3)cc2)C1. The zero-order valence-corrected chi connectivity index (χ0v) is 15.2. The fourth-order valence-electron chi connectivity index (χ4n) is 3.15. The first-order valence-electron chi connectivity index (χ1n) is 9.19. The molecular formula is C19H24N4O4. The first-order valence-corrected chi connectivity index (χ1v) is 9.19. The smallest absolute Gasteiger partial charge is 0.321 e. The van der Waals surface area contributed by atoms with E-state index in [2.05, 4.69) is 11.4 Å². The summed E-state index contributed by atoms with van der Waals surface area (Å²) in [5.74, 6) is 0.411. The molecular weight excluding hydrogens is 348 g/mol. The van der Waals surface area contributed by atoms with Gasteiger partial charge >= 0.3 is 6.03 Å².